The highest BCUT2D eigenvalue weighted by Gasteiger charge is 2.10. The highest BCUT2D eigenvalue weighted by Crippen LogP contribution is 2.37. The fourth-order valence-corrected chi connectivity index (χ4v) is 1.15. The summed E-state index contributed by atoms with van der Waals surface area (Å²) in [5, 5.41) is 19.0. The third-order valence-corrected chi connectivity index (χ3v) is 2.22. The van der Waals surface area contributed by atoms with Crippen LogP contribution in [-0.4, -0.2) is 23.8 Å². The Labute approximate surface area is 78.2 Å². The highest BCUT2D eigenvalue weighted by atomic mass is 16.3. The van der Waals surface area contributed by atoms with Crippen molar-refractivity contribution in [2.24, 2.45) is 0 Å². The summed E-state index contributed by atoms with van der Waals surface area (Å²) in [5.41, 5.74) is 1.34. The smallest absolute Gasteiger partial charge is 0.181 e. The standard InChI is InChI=1S/C10H15NO2/c1-4-11(3)8-6-5-7(2)9(12)10(8)13/h5-6,12-13H,4H2,1-3H3. The zero-order chi connectivity index (χ0) is 10.0. The van der Waals surface area contributed by atoms with Gasteiger partial charge in [-0.15, -0.1) is 0 Å². The molecule has 0 spiro atoms. The van der Waals surface area contributed by atoms with Crippen LogP contribution in [0.25, 0.3) is 0 Å². The normalized spacial score (nSPS) is 10.1. The maximum atomic E-state index is 9.59. The van der Waals surface area contributed by atoms with Crippen molar-refractivity contribution in [3.05, 3.63) is 17.7 Å². The average Bonchev–Trinajstić information content (AvgIpc) is 2.13. The quantitative estimate of drug-likeness (QED) is 0.684. The summed E-state index contributed by atoms with van der Waals surface area (Å²) in [7, 11) is 1.86. The van der Waals surface area contributed by atoms with E-state index in [-0.39, 0.29) is 11.5 Å². The molecule has 1 aromatic rings. The van der Waals surface area contributed by atoms with Crippen LogP contribution >= 0.6 is 0 Å². The topological polar surface area (TPSA) is 43.7 Å². The molecule has 0 saturated carbocycles. The molecule has 0 aliphatic rings. The van der Waals surface area contributed by atoms with Crippen LogP contribution in [0.5, 0.6) is 11.5 Å². The number of benzene rings is 1. The maximum absolute atomic E-state index is 9.59. The molecule has 0 bridgehead atoms. The first-order chi connectivity index (χ1) is 6.07. The molecular formula is C10H15NO2. The number of aromatic hydroxyl groups is 2. The number of phenols is 2. The van der Waals surface area contributed by atoms with Crippen molar-refractivity contribution in [3.8, 4) is 11.5 Å². The van der Waals surface area contributed by atoms with Gasteiger partial charge in [0.25, 0.3) is 0 Å². The van der Waals surface area contributed by atoms with Gasteiger partial charge in [0.2, 0.25) is 0 Å². The Morgan fingerprint density at radius 2 is 1.85 bits per heavy atom. The second-order valence-electron chi connectivity index (χ2n) is 3.11. The Morgan fingerprint density at radius 3 is 2.38 bits per heavy atom. The summed E-state index contributed by atoms with van der Waals surface area (Å²) in [6, 6.07) is 3.59. The molecule has 0 aliphatic carbocycles. The van der Waals surface area contributed by atoms with Crippen LogP contribution in [0, 0.1) is 6.92 Å². The van der Waals surface area contributed by atoms with Gasteiger partial charge in [0, 0.05) is 13.6 Å². The second kappa shape index (κ2) is 3.56. The minimum Gasteiger partial charge on any atom is -0.504 e. The lowest BCUT2D eigenvalue weighted by Gasteiger charge is -2.19. The summed E-state index contributed by atoms with van der Waals surface area (Å²) >= 11 is 0. The summed E-state index contributed by atoms with van der Waals surface area (Å²) < 4.78 is 0. The predicted octanol–water partition coefficient (Wildman–Crippen LogP) is 1.86. The van der Waals surface area contributed by atoms with E-state index < -0.39 is 0 Å². The van der Waals surface area contributed by atoms with Crippen molar-refractivity contribution in [2.75, 3.05) is 18.5 Å². The Hall–Kier alpha value is -1.38. The summed E-state index contributed by atoms with van der Waals surface area (Å²) in [6.07, 6.45) is 0. The van der Waals surface area contributed by atoms with Crippen molar-refractivity contribution in [3.63, 3.8) is 0 Å². The Morgan fingerprint density at radius 1 is 1.23 bits per heavy atom. The average molecular weight is 181 g/mol. The lowest BCUT2D eigenvalue weighted by molar-refractivity contribution is 0.401. The van der Waals surface area contributed by atoms with Crippen LogP contribution in [-0.2, 0) is 0 Å². The van der Waals surface area contributed by atoms with E-state index in [2.05, 4.69) is 0 Å². The van der Waals surface area contributed by atoms with Gasteiger partial charge in [0.15, 0.2) is 11.5 Å². The van der Waals surface area contributed by atoms with E-state index in [1.165, 1.54) is 0 Å². The van der Waals surface area contributed by atoms with Gasteiger partial charge in [-0.05, 0) is 25.5 Å². The van der Waals surface area contributed by atoms with Crippen LogP contribution in [0.4, 0.5) is 5.69 Å². The van der Waals surface area contributed by atoms with E-state index in [1.54, 1.807) is 19.1 Å². The molecular weight excluding hydrogens is 166 g/mol. The van der Waals surface area contributed by atoms with Crippen LogP contribution in [0.3, 0.4) is 0 Å². The van der Waals surface area contributed by atoms with Crippen molar-refractivity contribution >= 4 is 5.69 Å². The molecule has 0 aromatic heterocycles. The Balaban J connectivity index is 3.18. The molecule has 0 atom stereocenters. The fourth-order valence-electron chi connectivity index (χ4n) is 1.15. The van der Waals surface area contributed by atoms with E-state index in [1.807, 2.05) is 18.9 Å². The molecule has 1 rings (SSSR count). The van der Waals surface area contributed by atoms with Crippen LogP contribution in [0.15, 0.2) is 12.1 Å². The monoisotopic (exact) mass is 181 g/mol. The van der Waals surface area contributed by atoms with Crippen molar-refractivity contribution in [2.45, 2.75) is 13.8 Å². The Bertz CT molecular complexity index is 310. The largest absolute Gasteiger partial charge is 0.504 e. The molecule has 0 heterocycles. The molecule has 1 aromatic carbocycles. The minimum absolute atomic E-state index is 0.0298. The van der Waals surface area contributed by atoms with Crippen LogP contribution < -0.4 is 4.90 Å². The van der Waals surface area contributed by atoms with Gasteiger partial charge >= 0.3 is 0 Å². The number of phenolic OH excluding ortho intramolecular Hbond substituents is 2. The molecule has 0 saturated heterocycles. The molecule has 0 radical (unpaired) electrons. The molecule has 72 valence electrons. The first-order valence-corrected chi connectivity index (χ1v) is 4.30. The molecule has 3 nitrogen and oxygen atoms in total. The SMILES string of the molecule is CCN(C)c1ccc(C)c(O)c1O. The third kappa shape index (κ3) is 1.69. The predicted molar refractivity (Wildman–Crippen MR) is 53.5 cm³/mol. The molecule has 0 fully saturated rings. The zero-order valence-electron chi connectivity index (χ0n) is 8.20. The lowest BCUT2D eigenvalue weighted by atomic mass is 10.1. The number of rotatable bonds is 2. The van der Waals surface area contributed by atoms with Gasteiger partial charge in [-0.2, -0.15) is 0 Å². The minimum atomic E-state index is -0.0376. The van der Waals surface area contributed by atoms with Gasteiger partial charge < -0.3 is 15.1 Å². The van der Waals surface area contributed by atoms with Gasteiger partial charge in [-0.1, -0.05) is 6.07 Å². The number of anilines is 1. The van der Waals surface area contributed by atoms with Gasteiger partial charge in [0.1, 0.15) is 0 Å². The molecule has 3 heteroatoms. The van der Waals surface area contributed by atoms with E-state index in [0.29, 0.717) is 11.3 Å². The van der Waals surface area contributed by atoms with Crippen LogP contribution in [0.2, 0.25) is 0 Å². The first kappa shape index (κ1) is 9.71. The summed E-state index contributed by atoms with van der Waals surface area (Å²) in [5.74, 6) is -0.0675. The number of hydrogen-bond donors (Lipinski definition) is 2. The molecule has 0 unspecified atom stereocenters. The Kier molecular flexibility index (Phi) is 2.66. The number of nitrogens with zero attached hydrogens (tertiary/aromatic N) is 1. The highest BCUT2D eigenvalue weighted by molar-refractivity contribution is 5.65. The number of aryl methyl sites for hydroxylation is 1. The van der Waals surface area contributed by atoms with Gasteiger partial charge in [-0.25, -0.2) is 0 Å². The van der Waals surface area contributed by atoms with Crippen molar-refractivity contribution in [1.29, 1.82) is 0 Å². The lowest BCUT2D eigenvalue weighted by Crippen LogP contribution is -2.15. The second-order valence-corrected chi connectivity index (χ2v) is 3.11. The summed E-state index contributed by atoms with van der Waals surface area (Å²) in [4.78, 5) is 1.87. The number of hydrogen-bond acceptors (Lipinski definition) is 3. The van der Waals surface area contributed by atoms with Crippen LogP contribution in [0.1, 0.15) is 12.5 Å². The van der Waals surface area contributed by atoms with Crippen molar-refractivity contribution in [1.82, 2.24) is 0 Å². The molecule has 0 amide bonds. The summed E-state index contributed by atoms with van der Waals surface area (Å²) in [6.45, 7) is 4.52. The van der Waals surface area contributed by atoms with E-state index >= 15 is 0 Å². The molecule has 2 N–H and O–H groups in total. The van der Waals surface area contributed by atoms with Crippen molar-refractivity contribution < 1.29 is 10.2 Å². The fraction of sp³-hybridized carbons (Fsp3) is 0.400. The molecule has 0 aliphatic heterocycles. The van der Waals surface area contributed by atoms with E-state index in [0.717, 1.165) is 6.54 Å². The zero-order valence-corrected chi connectivity index (χ0v) is 8.20. The van der Waals surface area contributed by atoms with Gasteiger partial charge in [-0.3, -0.25) is 0 Å². The maximum Gasteiger partial charge on any atom is 0.181 e. The third-order valence-electron chi connectivity index (χ3n) is 2.22. The molecule has 13 heavy (non-hydrogen) atoms. The van der Waals surface area contributed by atoms with E-state index in [4.69, 9.17) is 0 Å². The van der Waals surface area contributed by atoms with E-state index in [9.17, 15) is 10.2 Å². The first-order valence-electron chi connectivity index (χ1n) is 4.30. The van der Waals surface area contributed by atoms with Gasteiger partial charge in [0.05, 0.1) is 5.69 Å².